The molecule has 0 fully saturated rings. The van der Waals surface area contributed by atoms with E-state index in [4.69, 9.17) is 10.2 Å². The largest absolute Gasteiger partial charge is 0.442 e. The highest BCUT2D eigenvalue weighted by Gasteiger charge is 2.29. The molecule has 0 saturated heterocycles. The number of nitrogens with zero attached hydrogens (tertiary/aromatic N) is 2. The van der Waals surface area contributed by atoms with Crippen LogP contribution in [0.5, 0.6) is 0 Å². The topological polar surface area (TPSA) is 83.9 Å². The lowest BCUT2D eigenvalue weighted by molar-refractivity contribution is 0.0949. The van der Waals surface area contributed by atoms with Crippen molar-refractivity contribution in [1.82, 2.24) is 10.2 Å². The number of aryl methyl sites for hydroxylation is 1. The number of carbonyl (C=O) groups excluding carboxylic acids is 1. The van der Waals surface area contributed by atoms with E-state index in [0.29, 0.717) is 48.1 Å². The lowest BCUT2D eigenvalue weighted by atomic mass is 10.1. The smallest absolute Gasteiger partial charge is 0.255 e. The van der Waals surface area contributed by atoms with Gasteiger partial charge in [0, 0.05) is 29.8 Å². The number of halogens is 1. The van der Waals surface area contributed by atoms with Crippen molar-refractivity contribution in [3.8, 4) is 0 Å². The molecule has 1 aromatic heterocycles. The van der Waals surface area contributed by atoms with E-state index in [1.54, 1.807) is 13.3 Å². The molecule has 0 unspecified atom stereocenters. The lowest BCUT2D eigenvalue weighted by Gasteiger charge is -2.24. The number of amides is 1. The Morgan fingerprint density at radius 2 is 2.28 bits per heavy atom. The van der Waals surface area contributed by atoms with E-state index in [9.17, 15) is 4.79 Å². The summed E-state index contributed by atoms with van der Waals surface area (Å²) in [6.07, 6.45) is 1.63. The Morgan fingerprint density at radius 3 is 3.00 bits per heavy atom. The van der Waals surface area contributed by atoms with Gasteiger partial charge in [-0.2, -0.15) is 0 Å². The fourth-order valence-electron chi connectivity index (χ4n) is 2.75. The van der Waals surface area contributed by atoms with E-state index in [2.05, 4.69) is 32.8 Å². The van der Waals surface area contributed by atoms with Crippen molar-refractivity contribution in [2.45, 2.75) is 13.5 Å². The number of benzene rings is 1. The number of aliphatic imine (C=N–C) groups is 1. The summed E-state index contributed by atoms with van der Waals surface area (Å²) in [4.78, 5) is 18.8. The Kier molecular flexibility index (Phi) is 5.06. The number of nitrogens with one attached hydrogen (secondary N) is 1. The average Bonchev–Trinajstić information content (AvgIpc) is 2.92. The van der Waals surface area contributed by atoms with E-state index < -0.39 is 0 Å². The first-order valence-corrected chi connectivity index (χ1v) is 8.66. The summed E-state index contributed by atoms with van der Waals surface area (Å²) < 4.78 is 6.61. The summed E-state index contributed by atoms with van der Waals surface area (Å²) in [6, 6.07) is 7.78. The highest BCUT2D eigenvalue weighted by molar-refractivity contribution is 9.10. The molecule has 0 atom stereocenters. The second-order valence-electron chi connectivity index (χ2n) is 5.70. The Labute approximate surface area is 154 Å². The van der Waals surface area contributed by atoms with E-state index in [-0.39, 0.29) is 5.91 Å². The third-order valence-electron chi connectivity index (χ3n) is 3.95. The summed E-state index contributed by atoms with van der Waals surface area (Å²) in [5, 5.41) is 2.93. The first-order valence-electron chi connectivity index (χ1n) is 7.87. The Morgan fingerprint density at radius 1 is 1.48 bits per heavy atom. The number of furan rings is 1. The molecule has 2 heterocycles. The number of carbonyl (C=O) groups is 1. The van der Waals surface area contributed by atoms with Gasteiger partial charge in [-0.15, -0.1) is 0 Å². The SMILES string of the molecule is C=C1c2c(oc(C)c2C(=O)NCc2cccc(Br)c2)N=CN1CCN. The summed E-state index contributed by atoms with van der Waals surface area (Å²) in [7, 11) is 0. The van der Waals surface area contributed by atoms with Crippen molar-refractivity contribution in [1.29, 1.82) is 0 Å². The molecular weight excluding hydrogens is 384 g/mol. The van der Waals surface area contributed by atoms with Crippen molar-refractivity contribution in [2.24, 2.45) is 10.7 Å². The maximum absolute atomic E-state index is 12.7. The van der Waals surface area contributed by atoms with Gasteiger partial charge in [-0.25, -0.2) is 4.99 Å². The molecule has 7 heteroatoms. The summed E-state index contributed by atoms with van der Waals surface area (Å²) in [6.45, 7) is 7.28. The molecule has 0 radical (unpaired) electrons. The van der Waals surface area contributed by atoms with Gasteiger partial charge in [-0.1, -0.05) is 34.6 Å². The Balaban J connectivity index is 1.83. The summed E-state index contributed by atoms with van der Waals surface area (Å²) in [5.74, 6) is 0.710. The highest BCUT2D eigenvalue weighted by Crippen LogP contribution is 2.38. The molecule has 1 amide bonds. The summed E-state index contributed by atoms with van der Waals surface area (Å²) >= 11 is 3.43. The number of nitrogens with two attached hydrogens (primary N) is 1. The fourth-order valence-corrected chi connectivity index (χ4v) is 3.19. The predicted octanol–water partition coefficient (Wildman–Crippen LogP) is 3.19. The van der Waals surface area contributed by atoms with Crippen molar-refractivity contribution >= 4 is 39.8 Å². The molecule has 0 saturated carbocycles. The second-order valence-corrected chi connectivity index (χ2v) is 6.62. The van der Waals surface area contributed by atoms with Gasteiger partial charge >= 0.3 is 0 Å². The quantitative estimate of drug-likeness (QED) is 0.803. The van der Waals surface area contributed by atoms with Gasteiger partial charge in [-0.3, -0.25) is 4.79 Å². The van der Waals surface area contributed by atoms with Crippen LogP contribution >= 0.6 is 15.9 Å². The van der Waals surface area contributed by atoms with Crippen LogP contribution in [-0.4, -0.2) is 30.2 Å². The predicted molar refractivity (Wildman–Crippen MR) is 102 cm³/mol. The minimum Gasteiger partial charge on any atom is -0.442 e. The molecule has 1 aliphatic heterocycles. The van der Waals surface area contributed by atoms with Gasteiger partial charge in [0.2, 0.25) is 5.88 Å². The van der Waals surface area contributed by atoms with Gasteiger partial charge in [0.15, 0.2) is 0 Å². The molecule has 1 aliphatic rings. The third-order valence-corrected chi connectivity index (χ3v) is 4.45. The molecule has 3 rings (SSSR count). The average molecular weight is 403 g/mol. The number of hydrogen-bond donors (Lipinski definition) is 2. The Hall–Kier alpha value is -2.38. The maximum atomic E-state index is 12.7. The van der Waals surface area contributed by atoms with Gasteiger partial charge in [-0.05, 0) is 24.6 Å². The van der Waals surface area contributed by atoms with E-state index in [1.807, 2.05) is 29.2 Å². The Bertz CT molecular complexity index is 857. The van der Waals surface area contributed by atoms with Crippen LogP contribution < -0.4 is 11.1 Å². The zero-order chi connectivity index (χ0) is 18.0. The standard InChI is InChI=1S/C18H19BrN4O2/c1-11-15-16(12(2)25-18(15)22-10-23(11)7-6-20)17(24)21-9-13-4-3-5-14(19)8-13/h3-5,8,10H,1,6-7,9,20H2,2H3,(H,21,24). The molecule has 0 aliphatic carbocycles. The lowest BCUT2D eigenvalue weighted by Crippen LogP contribution is -2.30. The maximum Gasteiger partial charge on any atom is 0.255 e. The van der Waals surface area contributed by atoms with Crippen LogP contribution in [0.4, 0.5) is 5.88 Å². The van der Waals surface area contributed by atoms with Gasteiger partial charge in [0.1, 0.15) is 5.76 Å². The minimum atomic E-state index is -0.214. The van der Waals surface area contributed by atoms with Crippen LogP contribution in [0.1, 0.15) is 27.2 Å². The number of hydrogen-bond acceptors (Lipinski definition) is 5. The molecule has 25 heavy (non-hydrogen) atoms. The molecule has 6 nitrogen and oxygen atoms in total. The fraction of sp³-hybridized carbons (Fsp3) is 0.222. The molecule has 130 valence electrons. The minimum absolute atomic E-state index is 0.214. The van der Waals surface area contributed by atoms with Crippen molar-refractivity contribution < 1.29 is 9.21 Å². The second kappa shape index (κ2) is 7.25. The number of fused-ring (bicyclic) bond motifs is 1. The van der Waals surface area contributed by atoms with Crippen LogP contribution in [0, 0.1) is 6.92 Å². The highest BCUT2D eigenvalue weighted by atomic mass is 79.9. The van der Waals surface area contributed by atoms with Gasteiger partial charge in [0.25, 0.3) is 5.91 Å². The van der Waals surface area contributed by atoms with Crippen molar-refractivity contribution in [2.75, 3.05) is 13.1 Å². The van der Waals surface area contributed by atoms with Gasteiger partial charge < -0.3 is 20.4 Å². The molecular formula is C18H19BrN4O2. The molecule has 0 spiro atoms. The van der Waals surface area contributed by atoms with Crippen molar-refractivity contribution in [3.63, 3.8) is 0 Å². The monoisotopic (exact) mass is 402 g/mol. The molecule has 1 aromatic carbocycles. The number of rotatable bonds is 5. The van der Waals surface area contributed by atoms with E-state index >= 15 is 0 Å². The zero-order valence-electron chi connectivity index (χ0n) is 13.9. The first kappa shape index (κ1) is 17.4. The van der Waals surface area contributed by atoms with Crippen LogP contribution in [0.25, 0.3) is 5.70 Å². The van der Waals surface area contributed by atoms with Crippen LogP contribution in [0.15, 0.2) is 44.7 Å². The van der Waals surface area contributed by atoms with Crippen LogP contribution in [0.3, 0.4) is 0 Å². The molecule has 3 N–H and O–H groups in total. The van der Waals surface area contributed by atoms with E-state index in [1.165, 1.54) is 0 Å². The molecule has 2 aromatic rings. The van der Waals surface area contributed by atoms with E-state index in [0.717, 1.165) is 10.0 Å². The molecule has 0 bridgehead atoms. The van der Waals surface area contributed by atoms with Crippen molar-refractivity contribution in [3.05, 3.63) is 57.8 Å². The zero-order valence-corrected chi connectivity index (χ0v) is 15.5. The van der Waals surface area contributed by atoms with Gasteiger partial charge in [0.05, 0.1) is 17.5 Å². The first-order chi connectivity index (χ1) is 12.0. The van der Waals surface area contributed by atoms with Crippen LogP contribution in [0.2, 0.25) is 0 Å². The third kappa shape index (κ3) is 3.52. The van der Waals surface area contributed by atoms with Crippen LogP contribution in [-0.2, 0) is 6.54 Å². The summed E-state index contributed by atoms with van der Waals surface area (Å²) in [5.41, 5.74) is 8.38. The normalized spacial score (nSPS) is 13.1.